The SMILES string of the molecule is O=Cc1ccccc1-c1cccc2oc3ccccc3c12. The quantitative estimate of drug-likeness (QED) is 0.477. The third-order valence-electron chi connectivity index (χ3n) is 3.78. The highest BCUT2D eigenvalue weighted by molar-refractivity contribution is 6.13. The van der Waals surface area contributed by atoms with Crippen LogP contribution < -0.4 is 0 Å². The monoisotopic (exact) mass is 272 g/mol. The third kappa shape index (κ3) is 1.77. The lowest BCUT2D eigenvalue weighted by Crippen LogP contribution is -1.87. The van der Waals surface area contributed by atoms with Crippen molar-refractivity contribution in [2.24, 2.45) is 0 Å². The minimum atomic E-state index is 0.690. The van der Waals surface area contributed by atoms with Crippen LogP contribution in [0.3, 0.4) is 0 Å². The lowest BCUT2D eigenvalue weighted by molar-refractivity contribution is 0.112. The van der Waals surface area contributed by atoms with Crippen molar-refractivity contribution in [3.63, 3.8) is 0 Å². The van der Waals surface area contributed by atoms with E-state index in [0.717, 1.165) is 39.4 Å². The summed E-state index contributed by atoms with van der Waals surface area (Å²) in [5.74, 6) is 0. The van der Waals surface area contributed by atoms with Gasteiger partial charge in [0.1, 0.15) is 11.2 Å². The summed E-state index contributed by atoms with van der Waals surface area (Å²) in [6.45, 7) is 0. The van der Waals surface area contributed by atoms with E-state index in [0.29, 0.717) is 5.56 Å². The lowest BCUT2D eigenvalue weighted by Gasteiger charge is -2.06. The van der Waals surface area contributed by atoms with Gasteiger partial charge < -0.3 is 4.42 Å². The van der Waals surface area contributed by atoms with Crippen LogP contribution in [0.25, 0.3) is 33.1 Å². The summed E-state index contributed by atoms with van der Waals surface area (Å²) in [6, 6.07) is 21.6. The normalized spacial score (nSPS) is 11.0. The summed E-state index contributed by atoms with van der Waals surface area (Å²) in [7, 11) is 0. The van der Waals surface area contributed by atoms with Crippen LogP contribution in [0.15, 0.2) is 71.1 Å². The van der Waals surface area contributed by atoms with Crippen LogP contribution in [-0.2, 0) is 0 Å². The fourth-order valence-corrected chi connectivity index (χ4v) is 2.84. The van der Waals surface area contributed by atoms with Gasteiger partial charge in [0.05, 0.1) is 0 Å². The van der Waals surface area contributed by atoms with E-state index in [2.05, 4.69) is 0 Å². The zero-order chi connectivity index (χ0) is 14.2. The average Bonchev–Trinajstić information content (AvgIpc) is 2.93. The van der Waals surface area contributed by atoms with Crippen molar-refractivity contribution in [3.05, 3.63) is 72.3 Å². The predicted molar refractivity (Wildman–Crippen MR) is 84.5 cm³/mol. The van der Waals surface area contributed by atoms with Gasteiger partial charge in [-0.15, -0.1) is 0 Å². The molecule has 2 nitrogen and oxygen atoms in total. The van der Waals surface area contributed by atoms with Crippen LogP contribution in [0.4, 0.5) is 0 Å². The minimum absolute atomic E-state index is 0.690. The van der Waals surface area contributed by atoms with Gasteiger partial charge in [0.2, 0.25) is 0 Å². The number of rotatable bonds is 2. The van der Waals surface area contributed by atoms with Crippen molar-refractivity contribution in [1.29, 1.82) is 0 Å². The topological polar surface area (TPSA) is 30.2 Å². The van der Waals surface area contributed by atoms with E-state index in [1.807, 2.05) is 66.7 Å². The van der Waals surface area contributed by atoms with Crippen molar-refractivity contribution >= 4 is 28.2 Å². The number of carbonyl (C=O) groups excluding carboxylic acids is 1. The Labute approximate surface area is 121 Å². The first-order valence-electron chi connectivity index (χ1n) is 6.83. The number of para-hydroxylation sites is 1. The van der Waals surface area contributed by atoms with Crippen molar-refractivity contribution in [1.82, 2.24) is 0 Å². The number of fused-ring (bicyclic) bond motifs is 3. The van der Waals surface area contributed by atoms with Crippen LogP contribution in [0.5, 0.6) is 0 Å². The molecule has 2 heteroatoms. The van der Waals surface area contributed by atoms with Crippen molar-refractivity contribution in [3.8, 4) is 11.1 Å². The highest BCUT2D eigenvalue weighted by atomic mass is 16.3. The molecule has 0 aliphatic carbocycles. The van der Waals surface area contributed by atoms with Crippen molar-refractivity contribution in [2.75, 3.05) is 0 Å². The van der Waals surface area contributed by atoms with Crippen LogP contribution in [0.1, 0.15) is 10.4 Å². The first-order chi connectivity index (χ1) is 10.4. The van der Waals surface area contributed by atoms with E-state index in [1.54, 1.807) is 0 Å². The van der Waals surface area contributed by atoms with Gasteiger partial charge in [-0.05, 0) is 23.3 Å². The molecule has 0 saturated heterocycles. The number of hydrogen-bond donors (Lipinski definition) is 0. The molecule has 100 valence electrons. The average molecular weight is 272 g/mol. The Morgan fingerprint density at radius 1 is 0.714 bits per heavy atom. The summed E-state index contributed by atoms with van der Waals surface area (Å²) in [6.07, 6.45) is 0.899. The molecule has 0 saturated carbocycles. The fraction of sp³-hybridized carbons (Fsp3) is 0. The van der Waals surface area contributed by atoms with Gasteiger partial charge in [0.15, 0.2) is 6.29 Å². The standard InChI is InChI=1S/C19H12O2/c20-12-13-6-1-2-7-14(13)15-9-5-11-18-19(15)16-8-3-4-10-17(16)21-18/h1-12H. The molecule has 0 amide bonds. The van der Waals surface area contributed by atoms with Crippen LogP contribution >= 0.6 is 0 Å². The smallest absolute Gasteiger partial charge is 0.150 e. The molecule has 0 aliphatic heterocycles. The second-order valence-electron chi connectivity index (χ2n) is 4.98. The van der Waals surface area contributed by atoms with E-state index in [4.69, 9.17) is 4.42 Å². The first kappa shape index (κ1) is 11.9. The Hall–Kier alpha value is -2.87. The number of benzene rings is 3. The summed E-state index contributed by atoms with van der Waals surface area (Å²) in [5.41, 5.74) is 4.36. The second kappa shape index (κ2) is 4.60. The van der Waals surface area contributed by atoms with E-state index in [9.17, 15) is 4.79 Å². The van der Waals surface area contributed by atoms with Crippen LogP contribution in [0, 0.1) is 0 Å². The Morgan fingerprint density at radius 2 is 1.43 bits per heavy atom. The molecule has 0 radical (unpaired) electrons. The predicted octanol–water partition coefficient (Wildman–Crippen LogP) is 5.07. The zero-order valence-electron chi connectivity index (χ0n) is 11.2. The van der Waals surface area contributed by atoms with Gasteiger partial charge in [0.25, 0.3) is 0 Å². The van der Waals surface area contributed by atoms with E-state index >= 15 is 0 Å². The summed E-state index contributed by atoms with van der Waals surface area (Å²) >= 11 is 0. The number of aldehydes is 1. The maximum Gasteiger partial charge on any atom is 0.150 e. The molecule has 0 atom stereocenters. The molecule has 0 unspecified atom stereocenters. The van der Waals surface area contributed by atoms with Gasteiger partial charge in [-0.25, -0.2) is 0 Å². The molecular weight excluding hydrogens is 260 g/mol. The molecular formula is C19H12O2. The molecule has 0 bridgehead atoms. The van der Waals surface area contributed by atoms with Gasteiger partial charge in [0, 0.05) is 16.3 Å². The van der Waals surface area contributed by atoms with E-state index in [-0.39, 0.29) is 0 Å². The lowest BCUT2D eigenvalue weighted by atomic mass is 9.96. The van der Waals surface area contributed by atoms with Gasteiger partial charge in [-0.3, -0.25) is 4.79 Å². The minimum Gasteiger partial charge on any atom is -0.456 e. The Balaban J connectivity index is 2.16. The first-order valence-corrected chi connectivity index (χ1v) is 6.83. The Kier molecular flexibility index (Phi) is 2.61. The van der Waals surface area contributed by atoms with Crippen LogP contribution in [-0.4, -0.2) is 6.29 Å². The number of carbonyl (C=O) groups is 1. The highest BCUT2D eigenvalue weighted by Gasteiger charge is 2.13. The van der Waals surface area contributed by atoms with Gasteiger partial charge in [-0.2, -0.15) is 0 Å². The number of hydrogen-bond acceptors (Lipinski definition) is 2. The molecule has 0 spiro atoms. The highest BCUT2D eigenvalue weighted by Crippen LogP contribution is 2.37. The molecule has 4 rings (SSSR count). The number of furan rings is 1. The van der Waals surface area contributed by atoms with Gasteiger partial charge in [-0.1, -0.05) is 54.6 Å². The van der Waals surface area contributed by atoms with Crippen molar-refractivity contribution in [2.45, 2.75) is 0 Å². The largest absolute Gasteiger partial charge is 0.456 e. The molecule has 1 aromatic heterocycles. The molecule has 3 aromatic carbocycles. The maximum atomic E-state index is 11.3. The van der Waals surface area contributed by atoms with Crippen molar-refractivity contribution < 1.29 is 9.21 Å². The zero-order valence-corrected chi connectivity index (χ0v) is 11.2. The maximum absolute atomic E-state index is 11.3. The summed E-state index contributed by atoms with van der Waals surface area (Å²) < 4.78 is 5.90. The van der Waals surface area contributed by atoms with E-state index in [1.165, 1.54) is 0 Å². The van der Waals surface area contributed by atoms with Crippen LogP contribution in [0.2, 0.25) is 0 Å². The molecule has 0 fully saturated rings. The second-order valence-corrected chi connectivity index (χ2v) is 4.98. The summed E-state index contributed by atoms with van der Waals surface area (Å²) in [4.78, 5) is 11.3. The Bertz CT molecular complexity index is 964. The molecule has 1 heterocycles. The molecule has 0 N–H and O–H groups in total. The Morgan fingerprint density at radius 3 is 2.33 bits per heavy atom. The summed E-state index contributed by atoms with van der Waals surface area (Å²) in [5, 5.41) is 2.13. The van der Waals surface area contributed by atoms with E-state index < -0.39 is 0 Å². The molecule has 0 aliphatic rings. The third-order valence-corrected chi connectivity index (χ3v) is 3.78. The fourth-order valence-electron chi connectivity index (χ4n) is 2.84. The molecule has 21 heavy (non-hydrogen) atoms. The molecule has 4 aromatic rings. The van der Waals surface area contributed by atoms with Gasteiger partial charge >= 0.3 is 0 Å².